The van der Waals surface area contributed by atoms with Gasteiger partial charge in [-0.25, -0.2) is 9.97 Å². The maximum atomic E-state index is 13.0. The predicted molar refractivity (Wildman–Crippen MR) is 124 cm³/mol. The molecule has 0 bridgehead atoms. The van der Waals surface area contributed by atoms with Gasteiger partial charge in [-0.1, -0.05) is 0 Å². The van der Waals surface area contributed by atoms with E-state index in [1.165, 1.54) is 23.6 Å². The second-order valence-electron chi connectivity index (χ2n) is 6.21. The van der Waals surface area contributed by atoms with Crippen LogP contribution in [0.2, 0.25) is 0 Å². The number of nitrogens with one attached hydrogen (secondary N) is 2. The molecule has 0 amide bonds. The van der Waals surface area contributed by atoms with Crippen LogP contribution < -0.4 is 10.6 Å². The molecule has 1 atom stereocenters. The van der Waals surface area contributed by atoms with E-state index in [4.69, 9.17) is 4.74 Å². The van der Waals surface area contributed by atoms with E-state index >= 15 is 0 Å². The highest BCUT2D eigenvalue weighted by Gasteiger charge is 2.33. The number of halogens is 4. The van der Waals surface area contributed by atoms with Crippen LogP contribution in [0.3, 0.4) is 0 Å². The number of guanidine groups is 1. The van der Waals surface area contributed by atoms with Gasteiger partial charge in [0.1, 0.15) is 16.9 Å². The Hall–Kier alpha value is -1.67. The fraction of sp³-hybridized carbons (Fsp3) is 0.500. The fourth-order valence-corrected chi connectivity index (χ4v) is 3.36. The molecule has 0 radical (unpaired) electrons. The SMILES string of the molecule is CN=C(NCCNc1ncccc1C(F)(F)F)N(C)Cc1csc(C(C)OC)n1.I. The average molecular weight is 558 g/mol. The molecule has 12 heteroatoms. The number of nitrogens with zero attached hydrogens (tertiary/aromatic N) is 4. The van der Waals surface area contributed by atoms with Crippen molar-refractivity contribution in [2.24, 2.45) is 4.99 Å². The lowest BCUT2D eigenvalue weighted by molar-refractivity contribution is -0.137. The highest BCUT2D eigenvalue weighted by Crippen LogP contribution is 2.33. The number of alkyl halides is 3. The van der Waals surface area contributed by atoms with Crippen molar-refractivity contribution in [2.45, 2.75) is 25.7 Å². The first-order valence-electron chi connectivity index (χ1n) is 8.91. The van der Waals surface area contributed by atoms with Crippen molar-refractivity contribution in [3.8, 4) is 0 Å². The topological polar surface area (TPSA) is 74.7 Å². The first kappa shape index (κ1) is 26.4. The zero-order valence-electron chi connectivity index (χ0n) is 17.2. The van der Waals surface area contributed by atoms with Crippen LogP contribution >= 0.6 is 35.3 Å². The standard InChI is InChI=1S/C18H25F3N6OS.HI/c1-12(28-4)16-26-13(11-29-16)10-27(3)17(22-2)25-9-8-24-15-14(18(19,20)21)6-5-7-23-15;/h5-7,11-12H,8-10H2,1-4H3,(H,22,25)(H,23,24);1H. The summed E-state index contributed by atoms with van der Waals surface area (Å²) in [6.45, 7) is 3.09. The molecule has 2 rings (SSSR count). The van der Waals surface area contributed by atoms with Gasteiger partial charge in [0.25, 0.3) is 0 Å². The Morgan fingerprint density at radius 2 is 2.10 bits per heavy atom. The van der Waals surface area contributed by atoms with E-state index in [1.807, 2.05) is 24.3 Å². The monoisotopic (exact) mass is 558 g/mol. The Balaban J connectivity index is 0.00000450. The largest absolute Gasteiger partial charge is 0.419 e. The Bertz CT molecular complexity index is 817. The van der Waals surface area contributed by atoms with Gasteiger partial charge in [-0.3, -0.25) is 4.99 Å². The van der Waals surface area contributed by atoms with Gasteiger partial charge in [0.2, 0.25) is 0 Å². The third kappa shape index (κ3) is 7.54. The molecule has 30 heavy (non-hydrogen) atoms. The van der Waals surface area contributed by atoms with Gasteiger partial charge in [-0.15, -0.1) is 35.3 Å². The molecule has 2 heterocycles. The second kappa shape index (κ2) is 12.2. The lowest BCUT2D eigenvalue weighted by Crippen LogP contribution is -2.40. The summed E-state index contributed by atoms with van der Waals surface area (Å²) in [6.07, 6.45) is -3.19. The number of hydrogen-bond acceptors (Lipinski definition) is 6. The molecule has 2 aromatic rings. The van der Waals surface area contributed by atoms with Gasteiger partial charge < -0.3 is 20.3 Å². The average Bonchev–Trinajstić information content (AvgIpc) is 3.15. The van der Waals surface area contributed by atoms with Gasteiger partial charge >= 0.3 is 6.18 Å². The first-order valence-corrected chi connectivity index (χ1v) is 9.79. The Labute approximate surface area is 195 Å². The van der Waals surface area contributed by atoms with Crippen molar-refractivity contribution in [1.82, 2.24) is 20.2 Å². The summed E-state index contributed by atoms with van der Waals surface area (Å²) >= 11 is 1.53. The highest BCUT2D eigenvalue weighted by molar-refractivity contribution is 14.0. The van der Waals surface area contributed by atoms with Crippen molar-refractivity contribution >= 4 is 47.1 Å². The summed E-state index contributed by atoms with van der Waals surface area (Å²) in [4.78, 5) is 14.4. The zero-order valence-corrected chi connectivity index (χ0v) is 20.3. The Morgan fingerprint density at radius 1 is 1.37 bits per heavy atom. The molecule has 168 valence electrons. The lowest BCUT2D eigenvalue weighted by Gasteiger charge is -2.21. The number of aliphatic imine (C=N–C) groups is 1. The number of rotatable bonds is 8. The van der Waals surface area contributed by atoms with Crippen LogP contribution in [-0.2, 0) is 17.5 Å². The van der Waals surface area contributed by atoms with E-state index in [-0.39, 0.29) is 42.4 Å². The molecule has 2 aromatic heterocycles. The maximum absolute atomic E-state index is 13.0. The maximum Gasteiger partial charge on any atom is 0.419 e. The quantitative estimate of drug-likeness (QED) is 0.221. The molecule has 0 aromatic carbocycles. The molecule has 0 spiro atoms. The van der Waals surface area contributed by atoms with E-state index in [0.29, 0.717) is 19.0 Å². The number of hydrogen-bond donors (Lipinski definition) is 2. The number of aromatic nitrogens is 2. The fourth-order valence-electron chi connectivity index (χ4n) is 2.52. The normalized spacial score (nSPS) is 12.8. The van der Waals surface area contributed by atoms with Crippen LogP contribution in [0.1, 0.15) is 29.3 Å². The van der Waals surface area contributed by atoms with Gasteiger partial charge in [0.05, 0.1) is 17.8 Å². The van der Waals surface area contributed by atoms with Crippen molar-refractivity contribution in [1.29, 1.82) is 0 Å². The molecule has 1 unspecified atom stereocenters. The van der Waals surface area contributed by atoms with Crippen molar-refractivity contribution in [3.63, 3.8) is 0 Å². The van der Waals surface area contributed by atoms with Gasteiger partial charge in [0, 0.05) is 45.9 Å². The second-order valence-corrected chi connectivity index (χ2v) is 7.10. The minimum absolute atomic E-state index is 0. The molecule has 0 aliphatic heterocycles. The Morgan fingerprint density at radius 3 is 2.73 bits per heavy atom. The number of methoxy groups -OCH3 is 1. The summed E-state index contributed by atoms with van der Waals surface area (Å²) < 4.78 is 44.2. The van der Waals surface area contributed by atoms with E-state index in [2.05, 4.69) is 25.6 Å². The van der Waals surface area contributed by atoms with Crippen LogP contribution in [0.5, 0.6) is 0 Å². The van der Waals surface area contributed by atoms with Crippen molar-refractivity contribution in [2.75, 3.05) is 39.6 Å². The molecule has 2 N–H and O–H groups in total. The van der Waals surface area contributed by atoms with Gasteiger partial charge in [0.15, 0.2) is 5.96 Å². The summed E-state index contributed by atoms with van der Waals surface area (Å²) in [6, 6.07) is 2.27. The predicted octanol–water partition coefficient (Wildman–Crippen LogP) is 4.00. The van der Waals surface area contributed by atoms with E-state index in [0.717, 1.165) is 16.8 Å². The number of thiazole rings is 1. The van der Waals surface area contributed by atoms with Crippen LogP contribution in [0.4, 0.5) is 19.0 Å². The minimum atomic E-state index is -4.45. The summed E-state index contributed by atoms with van der Waals surface area (Å²) in [5, 5.41) is 8.70. The molecule has 7 nitrogen and oxygen atoms in total. The molecule has 0 aliphatic rings. The lowest BCUT2D eigenvalue weighted by atomic mass is 10.2. The summed E-state index contributed by atoms with van der Waals surface area (Å²) in [5.41, 5.74) is 0.104. The Kier molecular flexibility index (Phi) is 10.8. The number of pyridine rings is 1. The van der Waals surface area contributed by atoms with E-state index in [1.54, 1.807) is 14.2 Å². The van der Waals surface area contributed by atoms with Gasteiger partial charge in [-0.2, -0.15) is 13.2 Å². The molecular weight excluding hydrogens is 532 g/mol. The van der Waals surface area contributed by atoms with E-state index in [9.17, 15) is 13.2 Å². The smallest absolute Gasteiger partial charge is 0.375 e. The van der Waals surface area contributed by atoms with Crippen LogP contribution in [0, 0.1) is 0 Å². The molecule has 0 saturated carbocycles. The zero-order chi connectivity index (χ0) is 21.4. The van der Waals surface area contributed by atoms with Gasteiger partial charge in [-0.05, 0) is 19.1 Å². The summed E-state index contributed by atoms with van der Waals surface area (Å²) in [5.74, 6) is 0.422. The minimum Gasteiger partial charge on any atom is -0.375 e. The van der Waals surface area contributed by atoms with Crippen LogP contribution in [0.25, 0.3) is 0 Å². The molecule has 0 aliphatic carbocycles. The third-order valence-electron chi connectivity index (χ3n) is 4.06. The number of anilines is 1. The third-order valence-corrected chi connectivity index (χ3v) is 5.11. The molecule has 0 fully saturated rings. The summed E-state index contributed by atoms with van der Waals surface area (Å²) in [7, 11) is 5.15. The van der Waals surface area contributed by atoms with Crippen molar-refractivity contribution in [3.05, 3.63) is 40.0 Å². The number of ether oxygens (including phenoxy) is 1. The first-order chi connectivity index (χ1) is 13.8. The van der Waals surface area contributed by atoms with E-state index < -0.39 is 11.7 Å². The van der Waals surface area contributed by atoms with Crippen LogP contribution in [-0.4, -0.2) is 55.1 Å². The molecular formula is C18H26F3IN6OS. The highest BCUT2D eigenvalue weighted by atomic mass is 127. The van der Waals surface area contributed by atoms with Crippen molar-refractivity contribution < 1.29 is 17.9 Å². The molecule has 0 saturated heterocycles. The van der Waals surface area contributed by atoms with Crippen LogP contribution in [0.15, 0.2) is 28.7 Å².